The molecule has 4 bridgehead atoms. The number of amides is 1. The topological polar surface area (TPSA) is 77.7 Å². The summed E-state index contributed by atoms with van der Waals surface area (Å²) in [4.78, 5) is 12.5. The van der Waals surface area contributed by atoms with Crippen LogP contribution in [0.5, 0.6) is 0 Å². The number of carbonyl (C=O) groups excluding carboxylic acids is 1. The molecule has 28 heavy (non-hydrogen) atoms. The molecule has 5 fully saturated rings. The number of hydrogen-bond acceptors (Lipinski definition) is 6. The van der Waals surface area contributed by atoms with Crippen LogP contribution in [0, 0.1) is 11.8 Å². The maximum Gasteiger partial charge on any atom is 0.237 e. The molecule has 0 radical (unpaired) electrons. The van der Waals surface area contributed by atoms with Gasteiger partial charge in [0.15, 0.2) is 0 Å². The van der Waals surface area contributed by atoms with E-state index in [-0.39, 0.29) is 24.3 Å². The largest absolute Gasteiger partial charge is 0.359 e. The molecule has 0 aromatic rings. The minimum Gasteiger partial charge on any atom is -0.359 e. The molecule has 0 aromatic heterocycles. The fourth-order valence-electron chi connectivity index (χ4n) is 6.69. The molecule has 7 nitrogen and oxygen atoms in total. The fourth-order valence-corrected chi connectivity index (χ4v) is 6.69. The summed E-state index contributed by atoms with van der Waals surface area (Å²) in [6.07, 6.45) is 10.8. The highest BCUT2D eigenvalue weighted by Gasteiger charge is 2.48. The van der Waals surface area contributed by atoms with Crippen molar-refractivity contribution in [3.8, 4) is 0 Å². The number of nitrogens with zero attached hydrogens (tertiary/aromatic N) is 1. The average molecular weight is 392 g/mol. The van der Waals surface area contributed by atoms with E-state index in [0.717, 1.165) is 44.7 Å². The maximum atomic E-state index is 12.5. The molecule has 0 spiro atoms. The Hall–Kier alpha value is -0.730. The first-order valence-corrected chi connectivity index (χ1v) is 11.6. The van der Waals surface area contributed by atoms with Crippen LogP contribution in [-0.2, 0) is 9.53 Å². The first kappa shape index (κ1) is 19.2. The Kier molecular flexibility index (Phi) is 5.63. The zero-order valence-corrected chi connectivity index (χ0v) is 17.2. The molecule has 5 aliphatic rings. The number of fused-ring (bicyclic) bond motifs is 5. The van der Waals surface area contributed by atoms with Crippen LogP contribution in [0.25, 0.3) is 0 Å². The van der Waals surface area contributed by atoms with Crippen LogP contribution in [0.1, 0.15) is 57.8 Å². The molecule has 4 heterocycles. The number of rotatable bonds is 0. The van der Waals surface area contributed by atoms with Crippen LogP contribution in [0.15, 0.2) is 0 Å². The highest BCUT2D eigenvalue weighted by atomic mass is 16.5. The third-order valence-corrected chi connectivity index (χ3v) is 7.96. The van der Waals surface area contributed by atoms with Gasteiger partial charge in [0.25, 0.3) is 0 Å². The first-order chi connectivity index (χ1) is 13.7. The van der Waals surface area contributed by atoms with Crippen molar-refractivity contribution < 1.29 is 9.53 Å². The van der Waals surface area contributed by atoms with E-state index >= 15 is 0 Å². The number of carbonyl (C=O) groups is 1. The highest BCUT2D eigenvalue weighted by molar-refractivity contribution is 5.82. The molecule has 1 saturated carbocycles. The summed E-state index contributed by atoms with van der Waals surface area (Å²) in [5.41, 5.74) is 3.77. The van der Waals surface area contributed by atoms with Crippen LogP contribution in [-0.4, -0.2) is 67.6 Å². The van der Waals surface area contributed by atoms with Gasteiger partial charge >= 0.3 is 0 Å². The third kappa shape index (κ3) is 3.72. The zero-order valence-electron chi connectivity index (χ0n) is 17.2. The van der Waals surface area contributed by atoms with Gasteiger partial charge in [0, 0.05) is 38.3 Å². The lowest BCUT2D eigenvalue weighted by Gasteiger charge is -2.44. The monoisotopic (exact) mass is 391 g/mol. The number of piperidine rings is 1. The first-order valence-electron chi connectivity index (χ1n) is 11.6. The van der Waals surface area contributed by atoms with Gasteiger partial charge in [-0.25, -0.2) is 5.01 Å². The third-order valence-electron chi connectivity index (χ3n) is 7.96. The molecular weight excluding hydrogens is 354 g/mol. The Bertz CT molecular complexity index is 575. The van der Waals surface area contributed by atoms with Crippen molar-refractivity contribution in [1.29, 1.82) is 0 Å². The number of nitrogens with one attached hydrogen (secondary N) is 4. The van der Waals surface area contributed by atoms with E-state index in [9.17, 15) is 4.79 Å². The Labute approximate surface area is 168 Å². The SMILES string of the molecule is CN1NC2CCCC3C4CCCC(N4)O[C@@H]4CN[C@@H](C4)C(=O)NCCCC1C23. The lowest BCUT2D eigenvalue weighted by Crippen LogP contribution is -2.53. The normalized spacial score (nSPS) is 47.7. The minimum atomic E-state index is -0.0997. The number of hydrogen-bond donors (Lipinski definition) is 4. The molecule has 158 valence electrons. The van der Waals surface area contributed by atoms with Gasteiger partial charge in [0.05, 0.1) is 12.1 Å². The molecule has 4 N–H and O–H groups in total. The van der Waals surface area contributed by atoms with Crippen LogP contribution >= 0.6 is 0 Å². The number of hydrazine groups is 1. The van der Waals surface area contributed by atoms with Crippen LogP contribution < -0.4 is 21.4 Å². The molecule has 8 atom stereocenters. The quantitative estimate of drug-likeness (QED) is 0.487. The van der Waals surface area contributed by atoms with Crippen LogP contribution in [0.3, 0.4) is 0 Å². The van der Waals surface area contributed by atoms with Crippen molar-refractivity contribution in [2.75, 3.05) is 20.1 Å². The lowest BCUT2D eigenvalue weighted by molar-refractivity contribution is -0.123. The van der Waals surface area contributed by atoms with Crippen molar-refractivity contribution in [3.05, 3.63) is 0 Å². The van der Waals surface area contributed by atoms with E-state index in [1.54, 1.807) is 0 Å². The maximum absolute atomic E-state index is 12.5. The molecule has 1 amide bonds. The van der Waals surface area contributed by atoms with Crippen molar-refractivity contribution in [1.82, 2.24) is 26.4 Å². The smallest absolute Gasteiger partial charge is 0.237 e. The van der Waals surface area contributed by atoms with E-state index in [1.807, 2.05) is 0 Å². The van der Waals surface area contributed by atoms with Crippen LogP contribution in [0.2, 0.25) is 0 Å². The summed E-state index contributed by atoms with van der Waals surface area (Å²) in [6, 6.07) is 1.65. The standard InChI is InChI=1S/C21H37N5O2/c1-26-18-8-4-10-22-21(27)17-11-13(12-23-17)28-19-9-3-6-15(24-19)14-5-2-7-16(25-26)20(14)18/h13-20,23-25H,2-12H2,1H3,(H,22,27)/t13-,14?,15?,16?,17-,18?,19?,20?/m0/s1. The Morgan fingerprint density at radius 3 is 2.82 bits per heavy atom. The second kappa shape index (κ2) is 8.19. The second-order valence-electron chi connectivity index (χ2n) is 9.67. The number of ether oxygens (including phenoxy) is 1. The molecule has 7 heteroatoms. The summed E-state index contributed by atoms with van der Waals surface area (Å²) in [6.45, 7) is 1.56. The molecular formula is C21H37N5O2. The van der Waals surface area contributed by atoms with Crippen molar-refractivity contribution in [2.24, 2.45) is 11.8 Å². The van der Waals surface area contributed by atoms with E-state index in [2.05, 4.69) is 33.4 Å². The van der Waals surface area contributed by atoms with Gasteiger partial charge in [-0.05, 0) is 63.2 Å². The molecule has 4 aliphatic heterocycles. The van der Waals surface area contributed by atoms with Gasteiger partial charge in [0.1, 0.15) is 6.23 Å². The zero-order chi connectivity index (χ0) is 19.1. The predicted molar refractivity (Wildman–Crippen MR) is 107 cm³/mol. The summed E-state index contributed by atoms with van der Waals surface area (Å²) in [5, 5.41) is 12.8. The Morgan fingerprint density at radius 2 is 1.89 bits per heavy atom. The van der Waals surface area contributed by atoms with Crippen LogP contribution in [0.4, 0.5) is 0 Å². The van der Waals surface area contributed by atoms with Gasteiger partial charge in [-0.1, -0.05) is 6.42 Å². The minimum absolute atomic E-state index is 0.0997. The highest BCUT2D eigenvalue weighted by Crippen LogP contribution is 2.43. The van der Waals surface area contributed by atoms with E-state index in [1.165, 1.54) is 32.1 Å². The Morgan fingerprint density at radius 1 is 1.04 bits per heavy atom. The average Bonchev–Trinajstić information content (AvgIpc) is 3.28. The van der Waals surface area contributed by atoms with Crippen molar-refractivity contribution in [3.63, 3.8) is 0 Å². The Balaban J connectivity index is 1.37. The van der Waals surface area contributed by atoms with E-state index in [0.29, 0.717) is 24.0 Å². The van der Waals surface area contributed by atoms with Crippen molar-refractivity contribution >= 4 is 5.91 Å². The molecule has 6 unspecified atom stereocenters. The van der Waals surface area contributed by atoms with E-state index < -0.39 is 0 Å². The van der Waals surface area contributed by atoms with Gasteiger partial charge < -0.3 is 15.4 Å². The summed E-state index contributed by atoms with van der Waals surface area (Å²) >= 11 is 0. The lowest BCUT2D eigenvalue weighted by atomic mass is 9.68. The molecule has 1 aliphatic carbocycles. The summed E-state index contributed by atoms with van der Waals surface area (Å²) in [7, 11) is 2.22. The van der Waals surface area contributed by atoms with Gasteiger partial charge in [0.2, 0.25) is 5.91 Å². The predicted octanol–water partition coefficient (Wildman–Crippen LogP) is 0.715. The van der Waals surface area contributed by atoms with Gasteiger partial charge in [-0.15, -0.1) is 0 Å². The van der Waals surface area contributed by atoms with Gasteiger partial charge in [-0.2, -0.15) is 0 Å². The molecule has 5 rings (SSSR count). The van der Waals surface area contributed by atoms with E-state index in [4.69, 9.17) is 4.74 Å². The second-order valence-corrected chi connectivity index (χ2v) is 9.67. The van der Waals surface area contributed by atoms with Gasteiger partial charge in [-0.3, -0.25) is 15.5 Å². The molecule has 0 aromatic carbocycles. The summed E-state index contributed by atoms with van der Waals surface area (Å²) < 4.78 is 6.43. The fraction of sp³-hybridized carbons (Fsp3) is 0.952. The molecule has 4 saturated heterocycles. The summed E-state index contributed by atoms with van der Waals surface area (Å²) in [5.74, 6) is 1.57. The van der Waals surface area contributed by atoms with Crippen molar-refractivity contribution in [2.45, 2.75) is 94.3 Å².